The minimum Gasteiger partial charge on any atom is -0.477 e. The van der Waals surface area contributed by atoms with Crippen molar-refractivity contribution in [1.29, 1.82) is 0 Å². The predicted octanol–water partition coefficient (Wildman–Crippen LogP) is 1.03. The molecule has 0 fully saturated rings. The Morgan fingerprint density at radius 3 is 3.10 bits per heavy atom. The summed E-state index contributed by atoms with van der Waals surface area (Å²) < 4.78 is 9.01. The van der Waals surface area contributed by atoms with E-state index in [-0.39, 0.29) is 6.61 Å². The first-order valence-corrected chi connectivity index (χ1v) is 3.83. The van der Waals surface area contributed by atoms with Gasteiger partial charge in [-0.2, -0.15) is 4.37 Å². The Bertz CT molecular complexity index is 199. The molecule has 0 amide bonds. The molecule has 56 valence electrons. The molecule has 10 heavy (non-hydrogen) atoms. The average molecular weight is 159 g/mol. The maximum Gasteiger partial charge on any atom is 0.225 e. The minimum absolute atomic E-state index is 0.0464. The van der Waals surface area contributed by atoms with Crippen molar-refractivity contribution in [3.05, 3.63) is 10.9 Å². The summed E-state index contributed by atoms with van der Waals surface area (Å²) in [6.07, 6.45) is 0. The first kappa shape index (κ1) is 7.50. The molecular formula is C6H9NO2S. The quantitative estimate of drug-likeness (QED) is 0.716. The van der Waals surface area contributed by atoms with Gasteiger partial charge in [0.25, 0.3) is 0 Å². The van der Waals surface area contributed by atoms with Gasteiger partial charge in [-0.05, 0) is 18.5 Å². The van der Waals surface area contributed by atoms with Crippen LogP contribution in [-0.2, 0) is 6.61 Å². The van der Waals surface area contributed by atoms with E-state index < -0.39 is 0 Å². The van der Waals surface area contributed by atoms with Crippen LogP contribution in [0.4, 0.5) is 0 Å². The molecular weight excluding hydrogens is 150 g/mol. The van der Waals surface area contributed by atoms with E-state index in [4.69, 9.17) is 9.84 Å². The summed E-state index contributed by atoms with van der Waals surface area (Å²) in [7, 11) is 0. The first-order valence-electron chi connectivity index (χ1n) is 3.06. The number of aliphatic hydroxyl groups excluding tert-OH is 1. The minimum atomic E-state index is 0.0464. The molecule has 0 atom stereocenters. The SMILES string of the molecule is CCOc1cc(CO)sn1. The summed E-state index contributed by atoms with van der Waals surface area (Å²) in [6.45, 7) is 2.57. The monoisotopic (exact) mass is 159 g/mol. The molecule has 3 nitrogen and oxygen atoms in total. The maximum absolute atomic E-state index is 8.63. The molecule has 0 spiro atoms. The summed E-state index contributed by atoms with van der Waals surface area (Å²) in [5.41, 5.74) is 0. The van der Waals surface area contributed by atoms with Gasteiger partial charge in [0.05, 0.1) is 18.1 Å². The van der Waals surface area contributed by atoms with Crippen molar-refractivity contribution in [1.82, 2.24) is 4.37 Å². The Labute approximate surface area is 63.4 Å². The lowest BCUT2D eigenvalue weighted by Gasteiger charge is -1.92. The van der Waals surface area contributed by atoms with Gasteiger partial charge in [0, 0.05) is 6.07 Å². The van der Waals surface area contributed by atoms with Crippen LogP contribution in [0.3, 0.4) is 0 Å². The van der Waals surface area contributed by atoms with Crippen LogP contribution in [0.1, 0.15) is 11.8 Å². The van der Waals surface area contributed by atoms with Gasteiger partial charge in [0.15, 0.2) is 0 Å². The summed E-state index contributed by atoms with van der Waals surface area (Å²) in [4.78, 5) is 0.837. The molecule has 1 rings (SSSR count). The molecule has 0 aromatic carbocycles. The Morgan fingerprint density at radius 1 is 1.80 bits per heavy atom. The number of hydrogen-bond acceptors (Lipinski definition) is 4. The van der Waals surface area contributed by atoms with Gasteiger partial charge in [-0.3, -0.25) is 0 Å². The van der Waals surface area contributed by atoms with E-state index in [1.54, 1.807) is 6.07 Å². The summed E-state index contributed by atoms with van der Waals surface area (Å²) in [5, 5.41) is 8.63. The van der Waals surface area contributed by atoms with Crippen LogP contribution in [0, 0.1) is 0 Å². The molecule has 0 bridgehead atoms. The predicted molar refractivity (Wildman–Crippen MR) is 39.2 cm³/mol. The van der Waals surface area contributed by atoms with Crippen molar-refractivity contribution >= 4 is 11.5 Å². The van der Waals surface area contributed by atoms with Gasteiger partial charge in [-0.15, -0.1) is 0 Å². The van der Waals surface area contributed by atoms with E-state index in [1.807, 2.05) is 6.92 Å². The molecule has 0 saturated heterocycles. The van der Waals surface area contributed by atoms with Gasteiger partial charge in [-0.25, -0.2) is 0 Å². The summed E-state index contributed by atoms with van der Waals surface area (Å²) >= 11 is 1.26. The van der Waals surface area contributed by atoms with E-state index in [2.05, 4.69) is 4.37 Å². The van der Waals surface area contributed by atoms with Gasteiger partial charge in [0.2, 0.25) is 5.88 Å². The van der Waals surface area contributed by atoms with E-state index in [9.17, 15) is 0 Å². The first-order chi connectivity index (χ1) is 4.86. The molecule has 0 aliphatic carbocycles. The maximum atomic E-state index is 8.63. The third kappa shape index (κ3) is 1.68. The highest BCUT2D eigenvalue weighted by Gasteiger charge is 1.98. The number of aliphatic hydroxyl groups is 1. The second-order valence-corrected chi connectivity index (χ2v) is 2.61. The smallest absolute Gasteiger partial charge is 0.225 e. The molecule has 0 unspecified atom stereocenters. The van der Waals surface area contributed by atoms with Crippen molar-refractivity contribution in [2.45, 2.75) is 13.5 Å². The van der Waals surface area contributed by atoms with Crippen molar-refractivity contribution in [2.24, 2.45) is 0 Å². The second kappa shape index (κ2) is 3.53. The molecule has 0 aliphatic rings. The number of nitrogens with zero attached hydrogens (tertiary/aromatic N) is 1. The highest BCUT2D eigenvalue weighted by molar-refractivity contribution is 7.05. The van der Waals surface area contributed by atoms with Crippen LogP contribution in [0.25, 0.3) is 0 Å². The number of rotatable bonds is 3. The Hall–Kier alpha value is -0.610. The zero-order chi connectivity index (χ0) is 7.40. The third-order valence-electron chi connectivity index (χ3n) is 0.985. The number of aromatic nitrogens is 1. The lowest BCUT2D eigenvalue weighted by molar-refractivity contribution is 0.284. The number of ether oxygens (including phenoxy) is 1. The molecule has 0 radical (unpaired) electrons. The second-order valence-electron chi connectivity index (χ2n) is 1.72. The van der Waals surface area contributed by atoms with E-state index in [1.165, 1.54) is 11.5 Å². The fraction of sp³-hybridized carbons (Fsp3) is 0.500. The summed E-state index contributed by atoms with van der Waals surface area (Å²) in [6, 6.07) is 1.74. The Kier molecular flexibility index (Phi) is 2.65. The lowest BCUT2D eigenvalue weighted by Crippen LogP contribution is -1.89. The van der Waals surface area contributed by atoms with Crippen molar-refractivity contribution in [3.8, 4) is 5.88 Å². The molecule has 4 heteroatoms. The molecule has 0 aliphatic heterocycles. The zero-order valence-corrected chi connectivity index (χ0v) is 6.52. The van der Waals surface area contributed by atoms with Crippen molar-refractivity contribution in [3.63, 3.8) is 0 Å². The normalized spacial score (nSPS) is 9.80. The third-order valence-corrected chi connectivity index (χ3v) is 1.74. The van der Waals surface area contributed by atoms with E-state index >= 15 is 0 Å². The van der Waals surface area contributed by atoms with Gasteiger partial charge in [0.1, 0.15) is 0 Å². The lowest BCUT2D eigenvalue weighted by atomic mass is 10.5. The van der Waals surface area contributed by atoms with Crippen LogP contribution < -0.4 is 4.74 Å². The van der Waals surface area contributed by atoms with Crippen LogP contribution in [0.2, 0.25) is 0 Å². The fourth-order valence-corrected chi connectivity index (χ4v) is 1.11. The van der Waals surface area contributed by atoms with Crippen LogP contribution in [0.15, 0.2) is 6.07 Å². The van der Waals surface area contributed by atoms with Crippen molar-refractivity contribution < 1.29 is 9.84 Å². The van der Waals surface area contributed by atoms with Gasteiger partial charge >= 0.3 is 0 Å². The van der Waals surface area contributed by atoms with Crippen LogP contribution in [-0.4, -0.2) is 16.1 Å². The largest absolute Gasteiger partial charge is 0.477 e. The van der Waals surface area contributed by atoms with Gasteiger partial charge < -0.3 is 9.84 Å². The summed E-state index contributed by atoms with van der Waals surface area (Å²) in [5.74, 6) is 0.608. The molecule has 1 aromatic rings. The number of hydrogen-bond donors (Lipinski definition) is 1. The standard InChI is InChI=1S/C6H9NO2S/c1-2-9-6-3-5(4-8)10-7-6/h3,8H,2,4H2,1H3. The Balaban J connectivity index is 2.59. The average Bonchev–Trinajstić information content (AvgIpc) is 2.37. The van der Waals surface area contributed by atoms with E-state index in [0.717, 1.165) is 4.88 Å². The molecule has 1 heterocycles. The topological polar surface area (TPSA) is 42.4 Å². The molecule has 0 saturated carbocycles. The molecule has 1 aromatic heterocycles. The fourth-order valence-electron chi connectivity index (χ4n) is 0.584. The van der Waals surface area contributed by atoms with Crippen LogP contribution >= 0.6 is 11.5 Å². The highest BCUT2D eigenvalue weighted by Crippen LogP contribution is 2.15. The van der Waals surface area contributed by atoms with Crippen LogP contribution in [0.5, 0.6) is 5.88 Å². The Morgan fingerprint density at radius 2 is 2.60 bits per heavy atom. The molecule has 1 N–H and O–H groups in total. The van der Waals surface area contributed by atoms with Gasteiger partial charge in [-0.1, -0.05) is 0 Å². The highest BCUT2D eigenvalue weighted by atomic mass is 32.1. The van der Waals surface area contributed by atoms with E-state index in [0.29, 0.717) is 12.5 Å². The zero-order valence-electron chi connectivity index (χ0n) is 5.70. The van der Waals surface area contributed by atoms with Crippen molar-refractivity contribution in [2.75, 3.05) is 6.61 Å².